The van der Waals surface area contributed by atoms with Crippen LogP contribution in [0.3, 0.4) is 0 Å². The first-order valence-electron chi connectivity index (χ1n) is 6.61. The minimum Gasteiger partial charge on any atom is -0.478 e. The van der Waals surface area contributed by atoms with Gasteiger partial charge in [0.2, 0.25) is 0 Å². The summed E-state index contributed by atoms with van der Waals surface area (Å²) in [6.45, 7) is 4.07. The Morgan fingerprint density at radius 3 is 2.33 bits per heavy atom. The zero-order chi connectivity index (χ0) is 15.4. The molecule has 3 nitrogen and oxygen atoms in total. The van der Waals surface area contributed by atoms with Gasteiger partial charge in [0, 0.05) is 15.4 Å². The van der Waals surface area contributed by atoms with Crippen LogP contribution in [-0.4, -0.2) is 17.4 Å². The smallest absolute Gasteiger partial charge is 0.336 e. The fourth-order valence-corrected chi connectivity index (χ4v) is 2.82. The van der Waals surface area contributed by atoms with Crippen molar-refractivity contribution in [3.8, 4) is 0 Å². The predicted molar refractivity (Wildman–Crippen MR) is 83.4 cm³/mol. The van der Waals surface area contributed by atoms with Crippen molar-refractivity contribution in [2.45, 2.75) is 29.6 Å². The van der Waals surface area contributed by atoms with Crippen LogP contribution in [0.15, 0.2) is 52.3 Å². The maximum absolute atomic E-state index is 11.4. The SMILES string of the molecule is CC(C)c1ccc(Sc2ccc(C=O)cc2)c(C(=O)O)c1. The van der Waals surface area contributed by atoms with Crippen LogP contribution >= 0.6 is 11.8 Å². The zero-order valence-corrected chi connectivity index (χ0v) is 12.7. The number of rotatable bonds is 5. The molecule has 0 fully saturated rings. The molecule has 0 saturated heterocycles. The average molecular weight is 300 g/mol. The first-order valence-corrected chi connectivity index (χ1v) is 7.43. The topological polar surface area (TPSA) is 54.4 Å². The van der Waals surface area contributed by atoms with Gasteiger partial charge < -0.3 is 5.11 Å². The molecule has 0 unspecified atom stereocenters. The first-order chi connectivity index (χ1) is 10.0. The Hall–Kier alpha value is -2.07. The van der Waals surface area contributed by atoms with Gasteiger partial charge in [0.25, 0.3) is 0 Å². The number of hydrogen-bond acceptors (Lipinski definition) is 3. The van der Waals surface area contributed by atoms with Crippen LogP contribution in [-0.2, 0) is 0 Å². The van der Waals surface area contributed by atoms with Crippen molar-refractivity contribution in [2.24, 2.45) is 0 Å². The van der Waals surface area contributed by atoms with E-state index < -0.39 is 5.97 Å². The predicted octanol–water partition coefficient (Wildman–Crippen LogP) is 4.47. The lowest BCUT2D eigenvalue weighted by Crippen LogP contribution is -2.01. The summed E-state index contributed by atoms with van der Waals surface area (Å²) in [6, 6.07) is 12.6. The summed E-state index contributed by atoms with van der Waals surface area (Å²) < 4.78 is 0. The van der Waals surface area contributed by atoms with Gasteiger partial charge in [0.1, 0.15) is 6.29 Å². The maximum atomic E-state index is 11.4. The molecule has 21 heavy (non-hydrogen) atoms. The lowest BCUT2D eigenvalue weighted by molar-refractivity contribution is 0.0693. The zero-order valence-electron chi connectivity index (χ0n) is 11.9. The third-order valence-corrected chi connectivity index (χ3v) is 4.23. The minimum atomic E-state index is -0.926. The van der Waals surface area contributed by atoms with E-state index in [0.717, 1.165) is 16.7 Å². The van der Waals surface area contributed by atoms with Gasteiger partial charge in [-0.25, -0.2) is 4.79 Å². The minimum absolute atomic E-state index is 0.286. The van der Waals surface area contributed by atoms with Crippen LogP contribution in [0.25, 0.3) is 0 Å². The summed E-state index contributed by atoms with van der Waals surface area (Å²) in [7, 11) is 0. The maximum Gasteiger partial charge on any atom is 0.336 e. The first kappa shape index (κ1) is 15.3. The summed E-state index contributed by atoms with van der Waals surface area (Å²) in [5.74, 6) is -0.640. The second kappa shape index (κ2) is 6.59. The standard InChI is InChI=1S/C17H16O3S/c1-11(2)13-5-8-16(15(9-13)17(19)20)21-14-6-3-12(10-18)4-7-14/h3-11H,1-2H3,(H,19,20). The summed E-state index contributed by atoms with van der Waals surface area (Å²) in [5.41, 5.74) is 1.92. The molecule has 0 atom stereocenters. The van der Waals surface area contributed by atoms with E-state index in [1.807, 2.05) is 38.1 Å². The van der Waals surface area contributed by atoms with Crippen LogP contribution in [0.1, 0.15) is 46.0 Å². The lowest BCUT2D eigenvalue weighted by Gasteiger charge is -2.11. The van der Waals surface area contributed by atoms with Gasteiger partial charge in [0.05, 0.1) is 5.56 Å². The fraction of sp³-hybridized carbons (Fsp3) is 0.176. The summed E-state index contributed by atoms with van der Waals surface area (Å²) >= 11 is 1.39. The quantitative estimate of drug-likeness (QED) is 0.828. The Morgan fingerprint density at radius 1 is 1.14 bits per heavy atom. The number of aromatic carboxylic acids is 1. The second-order valence-corrected chi connectivity index (χ2v) is 6.12. The third kappa shape index (κ3) is 3.73. The normalized spacial score (nSPS) is 10.6. The number of carbonyl (C=O) groups excluding carboxylic acids is 1. The van der Waals surface area contributed by atoms with E-state index in [1.54, 1.807) is 18.2 Å². The van der Waals surface area contributed by atoms with Crippen LogP contribution in [0, 0.1) is 0 Å². The number of hydrogen-bond donors (Lipinski definition) is 1. The molecule has 0 aromatic heterocycles. The molecule has 0 aliphatic carbocycles. The van der Waals surface area contributed by atoms with E-state index in [0.29, 0.717) is 16.0 Å². The van der Waals surface area contributed by atoms with E-state index in [9.17, 15) is 14.7 Å². The van der Waals surface area contributed by atoms with Crippen molar-refractivity contribution in [1.82, 2.24) is 0 Å². The Balaban J connectivity index is 2.33. The van der Waals surface area contributed by atoms with Crippen molar-refractivity contribution in [2.75, 3.05) is 0 Å². The number of carboxylic acids is 1. The average Bonchev–Trinajstić information content (AvgIpc) is 2.48. The number of benzene rings is 2. The molecule has 0 amide bonds. The fourth-order valence-electron chi connectivity index (χ4n) is 1.90. The van der Waals surface area contributed by atoms with E-state index in [2.05, 4.69) is 0 Å². The second-order valence-electron chi connectivity index (χ2n) is 5.00. The van der Waals surface area contributed by atoms with Gasteiger partial charge >= 0.3 is 5.97 Å². The monoisotopic (exact) mass is 300 g/mol. The number of aldehydes is 1. The number of carboxylic acid groups (broad SMARTS) is 1. The molecule has 4 heteroatoms. The van der Waals surface area contributed by atoms with E-state index >= 15 is 0 Å². The van der Waals surface area contributed by atoms with Crippen LogP contribution in [0.2, 0.25) is 0 Å². The van der Waals surface area contributed by atoms with Gasteiger partial charge in [-0.1, -0.05) is 43.8 Å². The highest BCUT2D eigenvalue weighted by molar-refractivity contribution is 7.99. The molecule has 1 N–H and O–H groups in total. The molecule has 2 aromatic rings. The van der Waals surface area contributed by atoms with Crippen molar-refractivity contribution in [1.29, 1.82) is 0 Å². The third-order valence-electron chi connectivity index (χ3n) is 3.14. The highest BCUT2D eigenvalue weighted by atomic mass is 32.2. The van der Waals surface area contributed by atoms with Crippen LogP contribution in [0.4, 0.5) is 0 Å². The van der Waals surface area contributed by atoms with Crippen molar-refractivity contribution >= 4 is 24.0 Å². The van der Waals surface area contributed by atoms with E-state index in [1.165, 1.54) is 11.8 Å². The summed E-state index contributed by atoms with van der Waals surface area (Å²) in [4.78, 5) is 23.7. The largest absolute Gasteiger partial charge is 0.478 e. The van der Waals surface area contributed by atoms with Crippen LogP contribution < -0.4 is 0 Å². The highest BCUT2D eigenvalue weighted by Gasteiger charge is 2.13. The molecule has 2 rings (SSSR count). The molecule has 2 aromatic carbocycles. The van der Waals surface area contributed by atoms with Crippen molar-refractivity contribution in [3.05, 3.63) is 59.2 Å². The van der Waals surface area contributed by atoms with Gasteiger partial charge in [0.15, 0.2) is 0 Å². The molecule has 0 aliphatic heterocycles. The van der Waals surface area contributed by atoms with Crippen molar-refractivity contribution < 1.29 is 14.7 Å². The van der Waals surface area contributed by atoms with E-state index in [4.69, 9.17) is 0 Å². The van der Waals surface area contributed by atoms with Gasteiger partial charge in [-0.05, 0) is 35.7 Å². The molecular formula is C17H16O3S. The Bertz CT molecular complexity index is 660. The molecule has 0 bridgehead atoms. The summed E-state index contributed by atoms with van der Waals surface area (Å²) in [5, 5.41) is 9.37. The molecule has 0 aliphatic rings. The van der Waals surface area contributed by atoms with Gasteiger partial charge in [-0.3, -0.25) is 4.79 Å². The molecule has 0 radical (unpaired) electrons. The number of carbonyl (C=O) groups is 2. The van der Waals surface area contributed by atoms with Gasteiger partial charge in [-0.15, -0.1) is 0 Å². The van der Waals surface area contributed by atoms with Crippen molar-refractivity contribution in [3.63, 3.8) is 0 Å². The van der Waals surface area contributed by atoms with Crippen LogP contribution in [0.5, 0.6) is 0 Å². The molecule has 0 spiro atoms. The highest BCUT2D eigenvalue weighted by Crippen LogP contribution is 2.32. The molecule has 108 valence electrons. The Labute approximate surface area is 128 Å². The summed E-state index contributed by atoms with van der Waals surface area (Å²) in [6.07, 6.45) is 0.786. The lowest BCUT2D eigenvalue weighted by atomic mass is 10.0. The Morgan fingerprint density at radius 2 is 1.81 bits per heavy atom. The molecule has 0 heterocycles. The Kier molecular flexibility index (Phi) is 4.81. The van der Waals surface area contributed by atoms with Gasteiger partial charge in [-0.2, -0.15) is 0 Å². The molecule has 0 saturated carbocycles. The van der Waals surface area contributed by atoms with E-state index in [-0.39, 0.29) is 5.92 Å². The molecular weight excluding hydrogens is 284 g/mol.